The van der Waals surface area contributed by atoms with Gasteiger partial charge in [0, 0.05) is 27.2 Å². The summed E-state index contributed by atoms with van der Waals surface area (Å²) in [5, 5.41) is 0. The van der Waals surface area contributed by atoms with E-state index in [1.54, 1.807) is 14.1 Å². The van der Waals surface area contributed by atoms with Crippen molar-refractivity contribution in [1.82, 2.24) is 9.80 Å². The van der Waals surface area contributed by atoms with E-state index in [0.29, 0.717) is 19.7 Å². The molecular weight excluding hydrogens is 272 g/mol. The highest BCUT2D eigenvalue weighted by atomic mass is 16.6. The molecule has 0 aromatic heterocycles. The van der Waals surface area contributed by atoms with Gasteiger partial charge in [-0.1, -0.05) is 20.8 Å². The second-order valence-corrected chi connectivity index (χ2v) is 7.44. The van der Waals surface area contributed by atoms with Gasteiger partial charge in [0.15, 0.2) is 0 Å². The van der Waals surface area contributed by atoms with E-state index in [4.69, 9.17) is 9.47 Å². The second kappa shape index (κ2) is 7.52. The molecule has 0 unspecified atom stereocenters. The summed E-state index contributed by atoms with van der Waals surface area (Å²) < 4.78 is 10.4. The average molecular weight is 302 g/mol. The first-order chi connectivity index (χ1) is 9.32. The van der Waals surface area contributed by atoms with Gasteiger partial charge in [0.1, 0.15) is 5.60 Å². The number of hydrogen-bond donors (Lipinski definition) is 0. The summed E-state index contributed by atoms with van der Waals surface area (Å²) in [6, 6.07) is 0. The molecule has 2 amide bonds. The zero-order valence-electron chi connectivity index (χ0n) is 14.6. The number of carbonyl (C=O) groups excluding carboxylic acids is 2. The number of rotatable bonds is 4. The molecule has 0 fully saturated rings. The summed E-state index contributed by atoms with van der Waals surface area (Å²) >= 11 is 0. The van der Waals surface area contributed by atoms with Crippen molar-refractivity contribution in [2.45, 2.75) is 47.1 Å². The molecule has 0 aliphatic heterocycles. The third-order valence-corrected chi connectivity index (χ3v) is 2.42. The molecule has 0 aromatic rings. The minimum absolute atomic E-state index is 0.0657. The van der Waals surface area contributed by atoms with Gasteiger partial charge in [0.25, 0.3) is 0 Å². The quantitative estimate of drug-likeness (QED) is 0.801. The van der Waals surface area contributed by atoms with E-state index in [9.17, 15) is 9.59 Å². The highest BCUT2D eigenvalue weighted by Gasteiger charge is 2.21. The van der Waals surface area contributed by atoms with Crippen LogP contribution in [0.2, 0.25) is 0 Å². The van der Waals surface area contributed by atoms with Gasteiger partial charge in [-0.15, -0.1) is 0 Å². The van der Waals surface area contributed by atoms with Crippen LogP contribution >= 0.6 is 0 Å². The van der Waals surface area contributed by atoms with Gasteiger partial charge in [-0.3, -0.25) is 0 Å². The average Bonchev–Trinajstić information content (AvgIpc) is 2.29. The van der Waals surface area contributed by atoms with E-state index in [0.717, 1.165) is 0 Å². The Kier molecular flexibility index (Phi) is 7.00. The molecule has 0 atom stereocenters. The normalized spacial score (nSPS) is 11.8. The Morgan fingerprint density at radius 3 is 1.67 bits per heavy atom. The van der Waals surface area contributed by atoms with Gasteiger partial charge in [0.05, 0.1) is 6.61 Å². The van der Waals surface area contributed by atoms with Crippen LogP contribution in [0.1, 0.15) is 41.5 Å². The van der Waals surface area contributed by atoms with Gasteiger partial charge in [-0.2, -0.15) is 0 Å². The third kappa shape index (κ3) is 9.98. The van der Waals surface area contributed by atoms with Crippen LogP contribution in [0.4, 0.5) is 9.59 Å². The van der Waals surface area contributed by atoms with Crippen LogP contribution in [0.25, 0.3) is 0 Å². The lowest BCUT2D eigenvalue weighted by atomic mass is 9.99. The molecular formula is C15H30N2O4. The molecule has 0 heterocycles. The largest absolute Gasteiger partial charge is 0.449 e. The highest BCUT2D eigenvalue weighted by molar-refractivity contribution is 5.68. The Bertz CT molecular complexity index is 356. The van der Waals surface area contributed by atoms with Gasteiger partial charge >= 0.3 is 12.2 Å². The summed E-state index contributed by atoms with van der Waals surface area (Å²) in [5.41, 5.74) is -0.591. The zero-order chi connectivity index (χ0) is 16.8. The summed E-state index contributed by atoms with van der Waals surface area (Å²) in [4.78, 5) is 26.4. The summed E-state index contributed by atoms with van der Waals surface area (Å²) in [6.07, 6.45) is -0.790. The lowest BCUT2D eigenvalue weighted by Gasteiger charge is -2.26. The maximum atomic E-state index is 11.8. The van der Waals surface area contributed by atoms with E-state index < -0.39 is 11.7 Å². The molecule has 6 nitrogen and oxygen atoms in total. The SMILES string of the molecule is CN(CCN(C)C(=O)OC(C)(C)C)C(=O)OCC(C)(C)C. The van der Waals surface area contributed by atoms with Crippen LogP contribution in [0.3, 0.4) is 0 Å². The minimum atomic E-state index is -0.525. The topological polar surface area (TPSA) is 59.1 Å². The van der Waals surface area contributed by atoms with E-state index >= 15 is 0 Å². The lowest BCUT2D eigenvalue weighted by molar-refractivity contribution is 0.0277. The van der Waals surface area contributed by atoms with Crippen molar-refractivity contribution in [2.24, 2.45) is 5.41 Å². The van der Waals surface area contributed by atoms with Crippen molar-refractivity contribution in [3.8, 4) is 0 Å². The van der Waals surface area contributed by atoms with Crippen molar-refractivity contribution < 1.29 is 19.1 Å². The van der Waals surface area contributed by atoms with Crippen molar-refractivity contribution in [1.29, 1.82) is 0 Å². The Hall–Kier alpha value is -1.46. The van der Waals surface area contributed by atoms with E-state index in [1.165, 1.54) is 9.80 Å². The monoisotopic (exact) mass is 302 g/mol. The van der Waals surface area contributed by atoms with Crippen molar-refractivity contribution in [2.75, 3.05) is 33.8 Å². The Balaban J connectivity index is 4.15. The van der Waals surface area contributed by atoms with E-state index in [1.807, 2.05) is 41.5 Å². The van der Waals surface area contributed by atoms with E-state index in [-0.39, 0.29) is 11.5 Å². The van der Waals surface area contributed by atoms with Crippen LogP contribution in [0.15, 0.2) is 0 Å². The summed E-state index contributed by atoms with van der Waals surface area (Å²) in [5.74, 6) is 0. The van der Waals surface area contributed by atoms with Crippen LogP contribution in [0.5, 0.6) is 0 Å². The first-order valence-electron chi connectivity index (χ1n) is 7.14. The lowest BCUT2D eigenvalue weighted by Crippen LogP contribution is -2.40. The van der Waals surface area contributed by atoms with E-state index in [2.05, 4.69) is 0 Å². The molecule has 6 heteroatoms. The second-order valence-electron chi connectivity index (χ2n) is 7.44. The van der Waals surface area contributed by atoms with Gasteiger partial charge in [-0.05, 0) is 26.2 Å². The Morgan fingerprint density at radius 2 is 1.29 bits per heavy atom. The summed E-state index contributed by atoms with van der Waals surface area (Å²) in [7, 11) is 3.29. The molecule has 0 rings (SSSR count). The predicted molar refractivity (Wildman–Crippen MR) is 82.3 cm³/mol. The van der Waals surface area contributed by atoms with Crippen LogP contribution in [-0.2, 0) is 9.47 Å². The maximum Gasteiger partial charge on any atom is 0.410 e. The van der Waals surface area contributed by atoms with Crippen molar-refractivity contribution >= 4 is 12.2 Å². The molecule has 0 saturated heterocycles. The van der Waals surface area contributed by atoms with Crippen molar-refractivity contribution in [3.05, 3.63) is 0 Å². The predicted octanol–water partition coefficient (Wildman–Crippen LogP) is 2.97. The Morgan fingerprint density at radius 1 is 0.857 bits per heavy atom. The molecule has 0 spiro atoms. The van der Waals surface area contributed by atoms with Gasteiger partial charge < -0.3 is 19.3 Å². The fraction of sp³-hybridized carbons (Fsp3) is 0.867. The Labute approximate surface area is 128 Å². The fourth-order valence-electron chi connectivity index (χ4n) is 1.21. The number of ether oxygens (including phenoxy) is 2. The molecule has 0 aromatic carbocycles. The van der Waals surface area contributed by atoms with Crippen LogP contribution in [-0.4, -0.2) is 61.4 Å². The zero-order valence-corrected chi connectivity index (χ0v) is 14.6. The minimum Gasteiger partial charge on any atom is -0.449 e. The molecule has 0 N–H and O–H groups in total. The molecule has 0 radical (unpaired) electrons. The molecule has 0 saturated carbocycles. The van der Waals surface area contributed by atoms with Gasteiger partial charge in [-0.25, -0.2) is 9.59 Å². The first-order valence-corrected chi connectivity index (χ1v) is 7.14. The fourth-order valence-corrected chi connectivity index (χ4v) is 1.21. The molecule has 0 aliphatic rings. The highest BCUT2D eigenvalue weighted by Crippen LogP contribution is 2.13. The number of likely N-dealkylation sites (N-methyl/N-ethyl adjacent to an activating group) is 2. The molecule has 124 valence electrons. The smallest absolute Gasteiger partial charge is 0.410 e. The molecule has 21 heavy (non-hydrogen) atoms. The number of amides is 2. The number of carbonyl (C=O) groups is 2. The molecule has 0 aliphatic carbocycles. The number of hydrogen-bond acceptors (Lipinski definition) is 4. The standard InChI is InChI=1S/C15H30N2O4/c1-14(2,3)11-20-12(18)16(7)9-10-17(8)13(19)21-15(4,5)6/h9-11H2,1-8H3. The summed E-state index contributed by atoms with van der Waals surface area (Å²) in [6.45, 7) is 12.6. The molecule has 0 bridgehead atoms. The third-order valence-electron chi connectivity index (χ3n) is 2.42. The maximum absolute atomic E-state index is 11.8. The van der Waals surface area contributed by atoms with Gasteiger partial charge in [0.2, 0.25) is 0 Å². The van der Waals surface area contributed by atoms with Crippen LogP contribution < -0.4 is 0 Å². The van der Waals surface area contributed by atoms with Crippen LogP contribution in [0, 0.1) is 5.41 Å². The first kappa shape index (κ1) is 19.5. The van der Waals surface area contributed by atoms with Crippen molar-refractivity contribution in [3.63, 3.8) is 0 Å². The number of nitrogens with zero attached hydrogens (tertiary/aromatic N) is 2.